The maximum Gasteiger partial charge on any atom is 0.248 e. The molecule has 3 rings (SSSR count). The van der Waals surface area contributed by atoms with Crippen molar-refractivity contribution in [2.24, 2.45) is 0 Å². The zero-order valence-electron chi connectivity index (χ0n) is 12.6. The van der Waals surface area contributed by atoms with Crippen LogP contribution in [0.25, 0.3) is 11.7 Å². The Hall–Kier alpha value is -3.15. The van der Waals surface area contributed by atoms with Gasteiger partial charge in [0.25, 0.3) is 0 Å². The van der Waals surface area contributed by atoms with Gasteiger partial charge in [-0.3, -0.25) is 9.20 Å². The van der Waals surface area contributed by atoms with Crippen molar-refractivity contribution in [3.8, 4) is 5.75 Å². The Kier molecular flexibility index (Phi) is 4.33. The largest absolute Gasteiger partial charge is 0.494 e. The molecule has 2 aromatic heterocycles. The topological polar surface area (TPSA) is 68.5 Å². The van der Waals surface area contributed by atoms with Gasteiger partial charge in [-0.1, -0.05) is 12.1 Å². The number of hydrogen-bond acceptors (Lipinski definition) is 4. The summed E-state index contributed by atoms with van der Waals surface area (Å²) in [5.74, 6) is 0.614. The number of pyridine rings is 1. The molecule has 6 nitrogen and oxygen atoms in total. The number of hydrogen-bond donors (Lipinski definition) is 1. The molecule has 0 saturated heterocycles. The first-order valence-electron chi connectivity index (χ1n) is 7.26. The maximum atomic E-state index is 12.0. The van der Waals surface area contributed by atoms with Crippen molar-refractivity contribution in [3.63, 3.8) is 0 Å². The van der Waals surface area contributed by atoms with Gasteiger partial charge in [-0.15, -0.1) is 10.2 Å². The summed E-state index contributed by atoms with van der Waals surface area (Å²) in [7, 11) is 0. The Morgan fingerprint density at radius 2 is 2.09 bits per heavy atom. The van der Waals surface area contributed by atoms with E-state index in [1.807, 2.05) is 31.2 Å². The highest BCUT2D eigenvalue weighted by Gasteiger charge is 2.01. The summed E-state index contributed by atoms with van der Waals surface area (Å²) in [6, 6.07) is 11.1. The zero-order valence-corrected chi connectivity index (χ0v) is 12.6. The van der Waals surface area contributed by atoms with E-state index in [1.54, 1.807) is 35.1 Å². The molecule has 0 atom stereocenters. The van der Waals surface area contributed by atoms with Gasteiger partial charge in [0.1, 0.15) is 12.1 Å². The van der Waals surface area contributed by atoms with Crippen molar-refractivity contribution in [3.05, 3.63) is 60.6 Å². The third-order valence-corrected chi connectivity index (χ3v) is 3.18. The summed E-state index contributed by atoms with van der Waals surface area (Å²) < 4.78 is 7.12. The molecular weight excluding hydrogens is 292 g/mol. The molecule has 0 spiro atoms. The number of nitrogens with zero attached hydrogens (tertiary/aromatic N) is 3. The van der Waals surface area contributed by atoms with Crippen LogP contribution in [-0.2, 0) is 4.79 Å². The van der Waals surface area contributed by atoms with Gasteiger partial charge in [-0.2, -0.15) is 0 Å². The highest BCUT2D eigenvalue weighted by molar-refractivity contribution is 6.01. The summed E-state index contributed by atoms with van der Waals surface area (Å²) in [6.45, 7) is 2.57. The quantitative estimate of drug-likeness (QED) is 0.736. The van der Waals surface area contributed by atoms with E-state index >= 15 is 0 Å². The lowest BCUT2D eigenvalue weighted by molar-refractivity contribution is -0.111. The lowest BCUT2D eigenvalue weighted by Crippen LogP contribution is -2.08. The van der Waals surface area contributed by atoms with Gasteiger partial charge in [0, 0.05) is 12.3 Å². The van der Waals surface area contributed by atoms with Crippen molar-refractivity contribution in [2.45, 2.75) is 6.92 Å². The van der Waals surface area contributed by atoms with Crippen LogP contribution in [0.5, 0.6) is 5.75 Å². The van der Waals surface area contributed by atoms with E-state index in [0.717, 1.165) is 17.0 Å². The number of aromatic nitrogens is 3. The minimum Gasteiger partial charge on any atom is -0.494 e. The van der Waals surface area contributed by atoms with Gasteiger partial charge in [0.15, 0.2) is 5.65 Å². The first-order valence-corrected chi connectivity index (χ1v) is 7.26. The molecule has 1 N–H and O–H groups in total. The van der Waals surface area contributed by atoms with E-state index < -0.39 is 0 Å². The SMILES string of the molecule is CCOc1ccc(/C=C/C(=O)Nc2ccc3nncn3c2)cc1. The van der Waals surface area contributed by atoms with Crippen molar-refractivity contribution < 1.29 is 9.53 Å². The highest BCUT2D eigenvalue weighted by atomic mass is 16.5. The number of amides is 1. The number of nitrogens with one attached hydrogen (secondary N) is 1. The average molecular weight is 308 g/mol. The summed E-state index contributed by atoms with van der Waals surface area (Å²) in [5, 5.41) is 10.5. The van der Waals surface area contributed by atoms with Crippen LogP contribution in [0.4, 0.5) is 5.69 Å². The van der Waals surface area contributed by atoms with E-state index in [2.05, 4.69) is 15.5 Å². The number of ether oxygens (including phenoxy) is 1. The first-order chi connectivity index (χ1) is 11.2. The molecule has 6 heteroatoms. The second-order valence-corrected chi connectivity index (χ2v) is 4.84. The number of carbonyl (C=O) groups excluding carboxylic acids is 1. The molecule has 0 fully saturated rings. The second kappa shape index (κ2) is 6.74. The van der Waals surface area contributed by atoms with Gasteiger partial charge in [-0.25, -0.2) is 0 Å². The van der Waals surface area contributed by atoms with Crippen molar-refractivity contribution >= 4 is 23.3 Å². The van der Waals surface area contributed by atoms with Gasteiger partial charge < -0.3 is 10.1 Å². The summed E-state index contributed by atoms with van der Waals surface area (Å²) in [5.41, 5.74) is 2.34. The average Bonchev–Trinajstić information content (AvgIpc) is 3.02. The molecule has 0 aliphatic heterocycles. The Morgan fingerprint density at radius 1 is 1.26 bits per heavy atom. The maximum absolute atomic E-state index is 12.0. The molecule has 0 aliphatic carbocycles. The van der Waals surface area contributed by atoms with Gasteiger partial charge in [-0.05, 0) is 42.8 Å². The Balaban J connectivity index is 1.63. The van der Waals surface area contributed by atoms with Crippen molar-refractivity contribution in [1.82, 2.24) is 14.6 Å². The molecular formula is C17H16N4O2. The minimum absolute atomic E-state index is 0.202. The molecule has 0 saturated carbocycles. The number of rotatable bonds is 5. The fraction of sp³-hybridized carbons (Fsp3) is 0.118. The molecule has 0 unspecified atom stereocenters. The van der Waals surface area contributed by atoms with Crippen LogP contribution in [0.2, 0.25) is 0 Å². The van der Waals surface area contributed by atoms with E-state index in [0.29, 0.717) is 12.3 Å². The Labute approximate surface area is 133 Å². The lowest BCUT2D eigenvalue weighted by atomic mass is 10.2. The molecule has 1 aromatic carbocycles. The van der Waals surface area contributed by atoms with Gasteiger partial charge in [0.05, 0.1) is 12.3 Å². The summed E-state index contributed by atoms with van der Waals surface area (Å²) >= 11 is 0. The first kappa shape index (κ1) is 14.8. The van der Waals surface area contributed by atoms with E-state index in [9.17, 15) is 4.79 Å². The fourth-order valence-corrected chi connectivity index (χ4v) is 2.10. The molecule has 2 heterocycles. The van der Waals surface area contributed by atoms with Crippen LogP contribution in [0.15, 0.2) is 55.0 Å². The van der Waals surface area contributed by atoms with Crippen LogP contribution in [0.3, 0.4) is 0 Å². The van der Waals surface area contributed by atoms with Crippen LogP contribution >= 0.6 is 0 Å². The summed E-state index contributed by atoms with van der Waals surface area (Å²) in [6.07, 6.45) is 6.59. The van der Waals surface area contributed by atoms with Crippen LogP contribution in [0, 0.1) is 0 Å². The second-order valence-electron chi connectivity index (χ2n) is 4.84. The third kappa shape index (κ3) is 3.74. The van der Waals surface area contributed by atoms with Crippen LogP contribution < -0.4 is 10.1 Å². The smallest absolute Gasteiger partial charge is 0.248 e. The molecule has 1 amide bonds. The molecule has 3 aromatic rings. The normalized spacial score (nSPS) is 11.0. The highest BCUT2D eigenvalue weighted by Crippen LogP contribution is 2.13. The monoisotopic (exact) mass is 308 g/mol. The van der Waals surface area contributed by atoms with E-state index in [-0.39, 0.29) is 5.91 Å². The van der Waals surface area contributed by atoms with Crippen molar-refractivity contribution in [2.75, 3.05) is 11.9 Å². The lowest BCUT2D eigenvalue weighted by Gasteiger charge is -2.03. The number of benzene rings is 1. The predicted octanol–water partition coefficient (Wildman–Crippen LogP) is 2.78. The molecule has 0 radical (unpaired) electrons. The Bertz CT molecular complexity index is 837. The third-order valence-electron chi connectivity index (χ3n) is 3.18. The van der Waals surface area contributed by atoms with E-state index in [4.69, 9.17) is 4.74 Å². The molecule has 0 bridgehead atoms. The summed E-state index contributed by atoms with van der Waals surface area (Å²) in [4.78, 5) is 12.0. The molecule has 116 valence electrons. The van der Waals surface area contributed by atoms with Crippen LogP contribution in [-0.4, -0.2) is 27.1 Å². The molecule has 23 heavy (non-hydrogen) atoms. The van der Waals surface area contributed by atoms with Gasteiger partial charge in [0.2, 0.25) is 5.91 Å². The van der Waals surface area contributed by atoms with Crippen LogP contribution in [0.1, 0.15) is 12.5 Å². The zero-order chi connectivity index (χ0) is 16.1. The molecule has 0 aliphatic rings. The van der Waals surface area contributed by atoms with Crippen molar-refractivity contribution in [1.29, 1.82) is 0 Å². The van der Waals surface area contributed by atoms with Gasteiger partial charge >= 0.3 is 0 Å². The number of carbonyl (C=O) groups is 1. The fourth-order valence-electron chi connectivity index (χ4n) is 2.10. The Morgan fingerprint density at radius 3 is 2.87 bits per heavy atom. The number of fused-ring (bicyclic) bond motifs is 1. The standard InChI is InChI=1S/C17H16N4O2/c1-2-23-15-7-3-13(4-8-15)5-10-17(22)19-14-6-9-16-20-18-12-21(16)11-14/h3-12H,2H2,1H3,(H,19,22)/b10-5+. The van der Waals surface area contributed by atoms with E-state index in [1.165, 1.54) is 6.08 Å². The minimum atomic E-state index is -0.202. The predicted molar refractivity (Wildman–Crippen MR) is 88.3 cm³/mol. The number of anilines is 1.